The first kappa shape index (κ1) is 27.9. The molecule has 0 bridgehead atoms. The molecule has 0 fully saturated rings. The maximum atomic E-state index is 12.7. The molecule has 0 radical (unpaired) electrons. The van der Waals surface area contributed by atoms with Gasteiger partial charge < -0.3 is 41.0 Å². The SMILES string of the molecule is Nc1nc(=O)c2nc(CNc3ccc(C(=O)N[C@@H](CCC(=O)OCCO)C(=O)OCCO)cc3)cnc2[nH]1. The number of nitrogens with zero attached hydrogens (tertiary/aromatic N) is 3. The number of nitrogens with one attached hydrogen (secondary N) is 3. The summed E-state index contributed by atoms with van der Waals surface area (Å²) in [5.74, 6) is -2.10. The number of fused-ring (bicyclic) bond motifs is 1. The van der Waals surface area contributed by atoms with Crippen LogP contribution in [0.2, 0.25) is 0 Å². The quantitative estimate of drug-likeness (QED) is 0.144. The van der Waals surface area contributed by atoms with E-state index in [4.69, 9.17) is 25.4 Å². The highest BCUT2D eigenvalue weighted by molar-refractivity contribution is 5.97. The molecule has 1 aromatic carbocycles. The lowest BCUT2D eigenvalue weighted by atomic mass is 10.1. The number of aliphatic hydroxyl groups is 2. The number of carbonyl (C=O) groups excluding carboxylic acids is 3. The molecule has 0 saturated heterocycles. The van der Waals surface area contributed by atoms with Gasteiger partial charge in [-0.2, -0.15) is 4.98 Å². The van der Waals surface area contributed by atoms with Gasteiger partial charge in [-0.15, -0.1) is 0 Å². The highest BCUT2D eigenvalue weighted by Crippen LogP contribution is 2.13. The van der Waals surface area contributed by atoms with Crippen LogP contribution in [0.25, 0.3) is 11.2 Å². The third-order valence-electron chi connectivity index (χ3n) is 5.03. The zero-order valence-electron chi connectivity index (χ0n) is 20.2. The summed E-state index contributed by atoms with van der Waals surface area (Å²) < 4.78 is 9.65. The van der Waals surface area contributed by atoms with E-state index in [9.17, 15) is 19.2 Å². The van der Waals surface area contributed by atoms with Crippen LogP contribution in [0.3, 0.4) is 0 Å². The standard InChI is InChI=1S/C23H27N7O8/c24-23-29-19-18(21(35)30-23)27-15(12-26-19)11-25-14-3-1-13(2-4-14)20(34)28-16(22(36)38-10-8-32)5-6-17(33)37-9-7-31/h1-4,12,16,25,31-32H,5-11H2,(H,28,34)(H3,24,26,29,30,35)/t16-/m0/s1. The van der Waals surface area contributed by atoms with Crippen LogP contribution < -0.4 is 21.9 Å². The van der Waals surface area contributed by atoms with Gasteiger partial charge in [-0.3, -0.25) is 14.4 Å². The number of nitrogen functional groups attached to an aromatic ring is 1. The van der Waals surface area contributed by atoms with Crippen molar-refractivity contribution in [2.24, 2.45) is 0 Å². The number of aliphatic hydroxyl groups excluding tert-OH is 2. The number of ether oxygens (including phenoxy) is 2. The molecule has 0 aliphatic rings. The second-order valence-corrected chi connectivity index (χ2v) is 7.82. The average Bonchev–Trinajstić information content (AvgIpc) is 2.91. The third kappa shape index (κ3) is 7.94. The Balaban J connectivity index is 1.60. The molecule has 2 heterocycles. The molecule has 1 amide bonds. The smallest absolute Gasteiger partial charge is 0.328 e. The first-order chi connectivity index (χ1) is 18.3. The predicted molar refractivity (Wildman–Crippen MR) is 133 cm³/mol. The fourth-order valence-electron chi connectivity index (χ4n) is 3.23. The van der Waals surface area contributed by atoms with Crippen molar-refractivity contribution in [2.45, 2.75) is 25.4 Å². The van der Waals surface area contributed by atoms with Gasteiger partial charge >= 0.3 is 17.5 Å². The number of anilines is 2. The number of nitrogens with two attached hydrogens (primary N) is 1. The minimum atomic E-state index is -1.16. The minimum Gasteiger partial charge on any atom is -0.463 e. The van der Waals surface area contributed by atoms with E-state index in [0.717, 1.165) is 0 Å². The van der Waals surface area contributed by atoms with Crippen molar-refractivity contribution in [3.8, 4) is 0 Å². The zero-order valence-corrected chi connectivity index (χ0v) is 20.2. The molecule has 0 spiro atoms. The lowest BCUT2D eigenvalue weighted by molar-refractivity contribution is -0.148. The van der Waals surface area contributed by atoms with Crippen molar-refractivity contribution in [3.63, 3.8) is 0 Å². The van der Waals surface area contributed by atoms with Gasteiger partial charge in [0.05, 0.1) is 31.6 Å². The molecule has 2 aromatic heterocycles. The number of hydrogen-bond acceptors (Lipinski definition) is 13. The Hall–Kier alpha value is -4.63. The first-order valence-corrected chi connectivity index (χ1v) is 11.5. The van der Waals surface area contributed by atoms with Crippen LogP contribution in [-0.4, -0.2) is 80.5 Å². The molecule has 15 nitrogen and oxygen atoms in total. The highest BCUT2D eigenvalue weighted by atomic mass is 16.5. The van der Waals surface area contributed by atoms with Gasteiger partial charge in [0.15, 0.2) is 11.2 Å². The van der Waals surface area contributed by atoms with Crippen LogP contribution in [0.5, 0.6) is 0 Å². The van der Waals surface area contributed by atoms with Crippen LogP contribution in [-0.2, 0) is 25.6 Å². The maximum absolute atomic E-state index is 12.7. The van der Waals surface area contributed by atoms with Gasteiger partial charge in [0, 0.05) is 17.7 Å². The Morgan fingerprint density at radius 3 is 2.47 bits per heavy atom. The molecule has 0 aliphatic heterocycles. The topological polar surface area (TPSA) is 232 Å². The van der Waals surface area contributed by atoms with E-state index in [1.807, 2.05) is 0 Å². The summed E-state index contributed by atoms with van der Waals surface area (Å²) in [6, 6.07) is 5.14. The summed E-state index contributed by atoms with van der Waals surface area (Å²) in [5.41, 5.74) is 6.53. The van der Waals surface area contributed by atoms with Gasteiger partial charge in [-0.05, 0) is 30.7 Å². The second-order valence-electron chi connectivity index (χ2n) is 7.82. The van der Waals surface area contributed by atoms with Gasteiger partial charge in [-0.1, -0.05) is 0 Å². The van der Waals surface area contributed by atoms with E-state index in [-0.39, 0.29) is 61.9 Å². The Morgan fingerprint density at radius 2 is 1.76 bits per heavy atom. The Bertz CT molecular complexity index is 1330. The average molecular weight is 530 g/mol. The fraction of sp³-hybridized carbons (Fsp3) is 0.348. The zero-order chi connectivity index (χ0) is 27.5. The molecular formula is C23H27N7O8. The Kier molecular flexibility index (Phi) is 10.0. The summed E-state index contributed by atoms with van der Waals surface area (Å²) in [6.07, 6.45) is 1.18. The molecular weight excluding hydrogens is 502 g/mol. The highest BCUT2D eigenvalue weighted by Gasteiger charge is 2.24. The monoisotopic (exact) mass is 529 g/mol. The predicted octanol–water partition coefficient (Wildman–Crippen LogP) is -1.14. The fourth-order valence-corrected chi connectivity index (χ4v) is 3.23. The van der Waals surface area contributed by atoms with Crippen molar-refractivity contribution in [1.82, 2.24) is 25.3 Å². The van der Waals surface area contributed by atoms with Crippen molar-refractivity contribution in [1.29, 1.82) is 0 Å². The summed E-state index contributed by atoms with van der Waals surface area (Å²) in [6.45, 7) is -0.947. The van der Waals surface area contributed by atoms with Crippen LogP contribution in [0.4, 0.5) is 11.6 Å². The van der Waals surface area contributed by atoms with E-state index >= 15 is 0 Å². The summed E-state index contributed by atoms with van der Waals surface area (Å²) in [4.78, 5) is 63.3. The van der Waals surface area contributed by atoms with Gasteiger partial charge in [0.25, 0.3) is 5.91 Å². The van der Waals surface area contributed by atoms with Gasteiger partial charge in [0.1, 0.15) is 19.3 Å². The van der Waals surface area contributed by atoms with E-state index < -0.39 is 36.1 Å². The number of hydrogen-bond donors (Lipinski definition) is 6. The first-order valence-electron chi connectivity index (χ1n) is 11.5. The number of aromatic amines is 1. The maximum Gasteiger partial charge on any atom is 0.328 e. The van der Waals surface area contributed by atoms with E-state index in [0.29, 0.717) is 11.4 Å². The minimum absolute atomic E-state index is 0.0549. The lowest BCUT2D eigenvalue weighted by Crippen LogP contribution is -2.42. The van der Waals surface area contributed by atoms with Crippen LogP contribution in [0.1, 0.15) is 28.9 Å². The van der Waals surface area contributed by atoms with E-state index in [1.54, 1.807) is 12.1 Å². The molecule has 202 valence electrons. The summed E-state index contributed by atoms with van der Waals surface area (Å²) in [5, 5.41) is 23.2. The molecule has 0 saturated carbocycles. The molecule has 38 heavy (non-hydrogen) atoms. The van der Waals surface area contributed by atoms with Gasteiger partial charge in [0.2, 0.25) is 5.95 Å². The van der Waals surface area contributed by atoms with Crippen LogP contribution in [0.15, 0.2) is 35.3 Å². The molecule has 3 aromatic rings. The van der Waals surface area contributed by atoms with E-state index in [1.165, 1.54) is 18.3 Å². The number of benzene rings is 1. The normalized spacial score (nSPS) is 11.5. The number of esters is 2. The number of H-pyrrole nitrogens is 1. The third-order valence-corrected chi connectivity index (χ3v) is 5.03. The van der Waals surface area contributed by atoms with Crippen molar-refractivity contribution in [2.75, 3.05) is 37.5 Å². The van der Waals surface area contributed by atoms with Gasteiger partial charge in [-0.25, -0.2) is 14.8 Å². The van der Waals surface area contributed by atoms with Crippen molar-refractivity contribution < 1.29 is 34.1 Å². The molecule has 0 unspecified atom stereocenters. The number of carbonyl (C=O) groups is 3. The number of amides is 1. The number of aromatic nitrogens is 4. The Morgan fingerprint density at radius 1 is 1.05 bits per heavy atom. The molecule has 3 rings (SSSR count). The summed E-state index contributed by atoms with van der Waals surface area (Å²) in [7, 11) is 0. The van der Waals surface area contributed by atoms with Crippen molar-refractivity contribution in [3.05, 3.63) is 52.1 Å². The van der Waals surface area contributed by atoms with Crippen LogP contribution in [0, 0.1) is 0 Å². The van der Waals surface area contributed by atoms with Crippen LogP contribution >= 0.6 is 0 Å². The largest absolute Gasteiger partial charge is 0.463 e. The second kappa shape index (κ2) is 13.6. The Labute approximate surface area is 215 Å². The lowest BCUT2D eigenvalue weighted by Gasteiger charge is -2.17. The number of rotatable bonds is 13. The van der Waals surface area contributed by atoms with Crippen molar-refractivity contribution >= 4 is 40.6 Å². The molecule has 7 N–H and O–H groups in total. The molecule has 15 heteroatoms. The summed E-state index contributed by atoms with van der Waals surface area (Å²) >= 11 is 0. The van der Waals surface area contributed by atoms with E-state index in [2.05, 4.69) is 30.6 Å². The molecule has 1 atom stereocenters. The molecule has 0 aliphatic carbocycles.